The highest BCUT2D eigenvalue weighted by molar-refractivity contribution is 8.00. The highest BCUT2D eigenvalue weighted by Crippen LogP contribution is 2.41. The molecule has 5 nitrogen and oxygen atoms in total. The van der Waals surface area contributed by atoms with Gasteiger partial charge >= 0.3 is 0 Å². The molecule has 0 unspecified atom stereocenters. The van der Waals surface area contributed by atoms with Crippen molar-refractivity contribution in [3.63, 3.8) is 0 Å². The molecular weight excluding hydrogens is 360 g/mol. The van der Waals surface area contributed by atoms with Gasteiger partial charge in [-0.25, -0.2) is 0 Å². The number of rotatable bonds is 7. The molecule has 0 aromatic heterocycles. The Balaban J connectivity index is 1.88. The van der Waals surface area contributed by atoms with E-state index < -0.39 is 0 Å². The van der Waals surface area contributed by atoms with E-state index in [1.165, 1.54) is 49.2 Å². The number of nitrogens with one attached hydrogen (secondary N) is 1. The summed E-state index contributed by atoms with van der Waals surface area (Å²) in [6.45, 7) is 2.29. The Morgan fingerprint density at radius 2 is 1.85 bits per heavy atom. The highest BCUT2D eigenvalue weighted by Gasteiger charge is 2.25. The smallest absolute Gasteiger partial charge is 0.253 e. The van der Waals surface area contributed by atoms with Gasteiger partial charge in [-0.1, -0.05) is 25.3 Å². The van der Waals surface area contributed by atoms with Crippen LogP contribution in [-0.4, -0.2) is 41.8 Å². The zero-order chi connectivity index (χ0) is 19.4. The number of anilines is 1. The van der Waals surface area contributed by atoms with Crippen molar-refractivity contribution in [1.29, 1.82) is 0 Å². The molecule has 2 aliphatic rings. The first-order chi connectivity index (χ1) is 13.0. The third kappa shape index (κ3) is 4.26. The summed E-state index contributed by atoms with van der Waals surface area (Å²) in [5.74, 6) is -0.520. The Hall–Kier alpha value is -2.08. The summed E-state index contributed by atoms with van der Waals surface area (Å²) in [6.07, 6.45) is 10.3. The molecule has 0 saturated heterocycles. The molecule has 0 spiro atoms. The molecule has 1 heterocycles. The molecule has 0 bridgehead atoms. The molecule has 27 heavy (non-hydrogen) atoms. The summed E-state index contributed by atoms with van der Waals surface area (Å²) < 4.78 is 0. The second-order valence-corrected chi connectivity index (χ2v) is 8.44. The lowest BCUT2D eigenvalue weighted by Gasteiger charge is -2.25. The minimum absolute atomic E-state index is 0.260. The Bertz CT molecular complexity index is 764. The van der Waals surface area contributed by atoms with Gasteiger partial charge in [0.05, 0.1) is 5.69 Å². The number of hydrogen-bond donors (Lipinski definition) is 1. The molecule has 0 radical (unpaired) electrons. The molecule has 1 aromatic carbocycles. The molecule has 144 valence electrons. The molecule has 1 N–H and O–H groups in total. The minimum atomic E-state index is -0.260. The van der Waals surface area contributed by atoms with Crippen LogP contribution < -0.4 is 5.32 Å². The number of amides is 2. The van der Waals surface area contributed by atoms with E-state index in [9.17, 15) is 14.4 Å². The number of thioether (sulfide) groups is 1. The van der Waals surface area contributed by atoms with Gasteiger partial charge in [0.25, 0.3) is 11.8 Å². The molecule has 6 heteroatoms. The van der Waals surface area contributed by atoms with Gasteiger partial charge in [-0.2, -0.15) is 0 Å². The quantitative estimate of drug-likeness (QED) is 0.571. The van der Waals surface area contributed by atoms with Crippen molar-refractivity contribution in [2.24, 2.45) is 0 Å². The number of benzene rings is 1. The molecule has 1 aliphatic carbocycles. The van der Waals surface area contributed by atoms with Gasteiger partial charge in [-0.3, -0.25) is 19.3 Å². The maximum atomic E-state index is 11.8. The van der Waals surface area contributed by atoms with E-state index in [2.05, 4.69) is 5.32 Å². The van der Waals surface area contributed by atoms with Crippen LogP contribution in [0.5, 0.6) is 0 Å². The molecular formula is C21H26N2O3S. The largest absolute Gasteiger partial charge is 0.387 e. The SMILES string of the molecule is CNc1c(CCN2C(=O)C=CC2=O)cc(C)c(C=O)c1SC1CCCCC1. The number of carbonyl (C=O) groups is 3. The van der Waals surface area contributed by atoms with Crippen LogP contribution in [0.15, 0.2) is 23.1 Å². The van der Waals surface area contributed by atoms with E-state index in [-0.39, 0.29) is 11.8 Å². The average Bonchev–Trinajstić information content (AvgIpc) is 2.99. The number of hydrogen-bond acceptors (Lipinski definition) is 5. The number of carbonyl (C=O) groups excluding carboxylic acids is 3. The van der Waals surface area contributed by atoms with Gasteiger partial charge in [-0.15, -0.1) is 11.8 Å². The lowest BCUT2D eigenvalue weighted by atomic mass is 10.00. The van der Waals surface area contributed by atoms with Gasteiger partial charge in [0.2, 0.25) is 0 Å². The van der Waals surface area contributed by atoms with Crippen molar-refractivity contribution in [3.05, 3.63) is 34.9 Å². The second-order valence-electron chi connectivity index (χ2n) is 7.13. The van der Waals surface area contributed by atoms with Crippen LogP contribution in [0.3, 0.4) is 0 Å². The first kappa shape index (κ1) is 19.7. The van der Waals surface area contributed by atoms with Gasteiger partial charge in [0, 0.05) is 41.5 Å². The zero-order valence-electron chi connectivity index (χ0n) is 15.9. The monoisotopic (exact) mass is 386 g/mol. The summed E-state index contributed by atoms with van der Waals surface area (Å²) in [4.78, 5) is 37.7. The molecule has 2 amide bonds. The number of aryl methyl sites for hydroxylation is 1. The van der Waals surface area contributed by atoms with Crippen LogP contribution in [0, 0.1) is 6.92 Å². The van der Waals surface area contributed by atoms with Crippen LogP contribution in [0.4, 0.5) is 5.69 Å². The predicted molar refractivity (Wildman–Crippen MR) is 108 cm³/mol. The first-order valence-corrected chi connectivity index (χ1v) is 10.4. The zero-order valence-corrected chi connectivity index (χ0v) is 16.7. The van der Waals surface area contributed by atoms with Crippen LogP contribution in [0.25, 0.3) is 0 Å². The maximum absolute atomic E-state index is 11.8. The van der Waals surface area contributed by atoms with Crippen molar-refractivity contribution < 1.29 is 14.4 Å². The third-order valence-electron chi connectivity index (χ3n) is 5.32. The van der Waals surface area contributed by atoms with E-state index in [0.717, 1.165) is 33.6 Å². The molecule has 1 fully saturated rings. The van der Waals surface area contributed by atoms with Crippen molar-refractivity contribution in [2.75, 3.05) is 18.9 Å². The second kappa shape index (κ2) is 8.74. The van der Waals surface area contributed by atoms with E-state index in [1.807, 2.05) is 20.0 Å². The number of aldehydes is 1. The van der Waals surface area contributed by atoms with Crippen LogP contribution in [0.2, 0.25) is 0 Å². The van der Waals surface area contributed by atoms with Crippen LogP contribution in [-0.2, 0) is 16.0 Å². The fourth-order valence-electron chi connectivity index (χ4n) is 3.84. The Labute approximate surface area is 164 Å². The lowest BCUT2D eigenvalue weighted by molar-refractivity contribution is -0.136. The van der Waals surface area contributed by atoms with E-state index in [1.54, 1.807) is 11.8 Å². The maximum Gasteiger partial charge on any atom is 0.253 e. The van der Waals surface area contributed by atoms with Gasteiger partial charge in [-0.05, 0) is 37.3 Å². The molecule has 3 rings (SSSR count). The Kier molecular flexibility index (Phi) is 6.37. The first-order valence-electron chi connectivity index (χ1n) is 9.54. The van der Waals surface area contributed by atoms with Crippen LogP contribution >= 0.6 is 11.8 Å². The minimum Gasteiger partial charge on any atom is -0.387 e. The molecule has 0 atom stereocenters. The standard InChI is InChI=1S/C21H26N2O3S/c1-14-12-15(10-11-23-18(25)8-9-19(23)26)20(22-2)21(17(14)13-24)27-16-6-4-3-5-7-16/h8-9,12-13,16,22H,3-7,10-11H2,1-2H3. The molecule has 1 aromatic rings. The normalized spacial score (nSPS) is 17.6. The van der Waals surface area contributed by atoms with E-state index in [0.29, 0.717) is 18.2 Å². The summed E-state index contributed by atoms with van der Waals surface area (Å²) in [6, 6.07) is 2.00. The Morgan fingerprint density at radius 3 is 2.44 bits per heavy atom. The topological polar surface area (TPSA) is 66.5 Å². The molecule has 1 aliphatic heterocycles. The lowest BCUT2D eigenvalue weighted by Crippen LogP contribution is -2.32. The Morgan fingerprint density at radius 1 is 1.19 bits per heavy atom. The van der Waals surface area contributed by atoms with Crippen molar-refractivity contribution in [3.8, 4) is 0 Å². The van der Waals surface area contributed by atoms with E-state index >= 15 is 0 Å². The van der Waals surface area contributed by atoms with Crippen molar-refractivity contribution in [1.82, 2.24) is 4.90 Å². The van der Waals surface area contributed by atoms with Crippen molar-refractivity contribution >= 4 is 35.5 Å². The third-order valence-corrected chi connectivity index (χ3v) is 6.78. The van der Waals surface area contributed by atoms with E-state index in [4.69, 9.17) is 0 Å². The summed E-state index contributed by atoms with van der Waals surface area (Å²) in [5, 5.41) is 3.80. The number of imide groups is 1. The fraction of sp³-hybridized carbons (Fsp3) is 0.476. The highest BCUT2D eigenvalue weighted by atomic mass is 32.2. The summed E-state index contributed by atoms with van der Waals surface area (Å²) in [7, 11) is 1.86. The van der Waals surface area contributed by atoms with Gasteiger partial charge in [0.15, 0.2) is 6.29 Å². The van der Waals surface area contributed by atoms with Gasteiger partial charge in [0.1, 0.15) is 0 Å². The van der Waals surface area contributed by atoms with Crippen LogP contribution in [0.1, 0.15) is 53.6 Å². The van der Waals surface area contributed by atoms with Crippen molar-refractivity contribution in [2.45, 2.75) is 55.6 Å². The average molecular weight is 387 g/mol. The number of nitrogens with zero attached hydrogens (tertiary/aromatic N) is 1. The van der Waals surface area contributed by atoms with Gasteiger partial charge < -0.3 is 5.32 Å². The summed E-state index contributed by atoms with van der Waals surface area (Å²) in [5.41, 5.74) is 3.67. The summed E-state index contributed by atoms with van der Waals surface area (Å²) >= 11 is 1.80. The molecule has 1 saturated carbocycles. The fourth-order valence-corrected chi connectivity index (χ4v) is 5.43. The predicted octanol–water partition coefficient (Wildman–Crippen LogP) is 3.74.